The van der Waals surface area contributed by atoms with Gasteiger partial charge in [0.15, 0.2) is 5.96 Å². The maximum Gasteiger partial charge on any atom is 0.223 e. The molecule has 2 aliphatic rings. The predicted octanol–water partition coefficient (Wildman–Crippen LogP) is 1.60. The zero-order valence-corrected chi connectivity index (χ0v) is 20.7. The summed E-state index contributed by atoms with van der Waals surface area (Å²) in [5.74, 6) is 2.04. The van der Waals surface area contributed by atoms with Crippen LogP contribution in [0.15, 0.2) is 29.3 Å². The lowest BCUT2D eigenvalue weighted by Crippen LogP contribution is -2.41. The summed E-state index contributed by atoms with van der Waals surface area (Å²) >= 11 is 0. The average molecular weight is 545 g/mol. The summed E-state index contributed by atoms with van der Waals surface area (Å²) in [7, 11) is 0. The minimum Gasteiger partial charge on any atom is -0.492 e. The normalized spacial score (nSPS) is 16.9. The smallest absolute Gasteiger partial charge is 0.223 e. The number of amides is 1. The molecular formula is C22H36IN5O3. The number of nitrogens with one attached hydrogen (secondary N) is 3. The van der Waals surface area contributed by atoms with Gasteiger partial charge in [0.25, 0.3) is 0 Å². The molecule has 1 aliphatic heterocycles. The van der Waals surface area contributed by atoms with Gasteiger partial charge in [-0.15, -0.1) is 24.0 Å². The Balaban J connectivity index is 0.00000341. The molecule has 1 aliphatic carbocycles. The average Bonchev–Trinajstić information content (AvgIpc) is 3.61. The predicted molar refractivity (Wildman–Crippen MR) is 133 cm³/mol. The van der Waals surface area contributed by atoms with Crippen molar-refractivity contribution >= 4 is 35.8 Å². The fourth-order valence-corrected chi connectivity index (χ4v) is 3.22. The van der Waals surface area contributed by atoms with Gasteiger partial charge in [-0.25, -0.2) is 4.99 Å². The van der Waals surface area contributed by atoms with E-state index in [0.717, 1.165) is 69.5 Å². The number of nitrogens with zero attached hydrogens (tertiary/aromatic N) is 2. The Morgan fingerprint density at radius 2 is 1.97 bits per heavy atom. The third kappa shape index (κ3) is 10.0. The number of benzene rings is 1. The van der Waals surface area contributed by atoms with Crippen molar-refractivity contribution < 1.29 is 14.3 Å². The molecule has 1 saturated carbocycles. The lowest BCUT2D eigenvalue weighted by atomic mass is 10.2. The summed E-state index contributed by atoms with van der Waals surface area (Å²) in [5.41, 5.74) is 1.10. The minimum atomic E-state index is 0. The van der Waals surface area contributed by atoms with Crippen LogP contribution in [0.5, 0.6) is 5.75 Å². The molecule has 1 heterocycles. The van der Waals surface area contributed by atoms with Crippen LogP contribution in [0.25, 0.3) is 0 Å². The number of hydrogen-bond donors (Lipinski definition) is 3. The molecule has 0 aromatic heterocycles. The summed E-state index contributed by atoms with van der Waals surface area (Å²) in [4.78, 5) is 18.7. The third-order valence-corrected chi connectivity index (χ3v) is 5.11. The van der Waals surface area contributed by atoms with E-state index in [-0.39, 0.29) is 35.8 Å². The highest BCUT2D eigenvalue weighted by Gasteiger charge is 2.28. The Kier molecular flexibility index (Phi) is 12.0. The third-order valence-electron chi connectivity index (χ3n) is 5.11. The van der Waals surface area contributed by atoms with Gasteiger partial charge in [0.2, 0.25) is 5.91 Å². The van der Waals surface area contributed by atoms with Crippen molar-refractivity contribution in [2.45, 2.75) is 26.3 Å². The van der Waals surface area contributed by atoms with Gasteiger partial charge in [0, 0.05) is 45.2 Å². The van der Waals surface area contributed by atoms with Crippen LogP contribution in [0.3, 0.4) is 0 Å². The minimum absolute atomic E-state index is 0. The van der Waals surface area contributed by atoms with E-state index in [9.17, 15) is 4.79 Å². The first-order valence-electron chi connectivity index (χ1n) is 11.1. The van der Waals surface area contributed by atoms with E-state index in [2.05, 4.69) is 31.9 Å². The zero-order valence-electron chi connectivity index (χ0n) is 18.4. The first kappa shape index (κ1) is 25.7. The van der Waals surface area contributed by atoms with E-state index < -0.39 is 0 Å². The topological polar surface area (TPSA) is 87.2 Å². The number of carbonyl (C=O) groups excluding carboxylic acids is 1. The number of carbonyl (C=O) groups is 1. The molecule has 31 heavy (non-hydrogen) atoms. The van der Waals surface area contributed by atoms with E-state index in [0.29, 0.717) is 26.2 Å². The van der Waals surface area contributed by atoms with Gasteiger partial charge >= 0.3 is 0 Å². The Bertz CT molecular complexity index is 693. The lowest BCUT2D eigenvalue weighted by Gasteiger charge is -2.26. The molecule has 0 radical (unpaired) electrons. The van der Waals surface area contributed by atoms with Crippen molar-refractivity contribution in [1.82, 2.24) is 20.9 Å². The Morgan fingerprint density at radius 1 is 1.19 bits per heavy atom. The van der Waals surface area contributed by atoms with E-state index in [1.54, 1.807) is 0 Å². The van der Waals surface area contributed by atoms with Crippen molar-refractivity contribution in [3.05, 3.63) is 29.8 Å². The molecule has 9 heteroatoms. The highest BCUT2D eigenvalue weighted by molar-refractivity contribution is 14.0. The number of rotatable bonds is 11. The van der Waals surface area contributed by atoms with Crippen LogP contribution < -0.4 is 20.7 Å². The molecule has 2 fully saturated rings. The van der Waals surface area contributed by atoms with Crippen LogP contribution in [-0.2, 0) is 16.1 Å². The number of halogens is 1. The van der Waals surface area contributed by atoms with Crippen LogP contribution in [0.4, 0.5) is 0 Å². The molecule has 1 amide bonds. The maximum absolute atomic E-state index is 11.7. The van der Waals surface area contributed by atoms with Gasteiger partial charge < -0.3 is 25.4 Å². The highest BCUT2D eigenvalue weighted by Crippen LogP contribution is 2.28. The van der Waals surface area contributed by atoms with Crippen LogP contribution in [0.1, 0.15) is 25.3 Å². The highest BCUT2D eigenvalue weighted by atomic mass is 127. The van der Waals surface area contributed by atoms with Gasteiger partial charge in [-0.2, -0.15) is 0 Å². The van der Waals surface area contributed by atoms with Crippen molar-refractivity contribution in [3.8, 4) is 5.75 Å². The molecule has 1 aromatic rings. The summed E-state index contributed by atoms with van der Waals surface area (Å²) in [6, 6.07) is 8.08. The van der Waals surface area contributed by atoms with Crippen molar-refractivity contribution in [1.29, 1.82) is 0 Å². The van der Waals surface area contributed by atoms with Gasteiger partial charge in [-0.1, -0.05) is 12.1 Å². The fourth-order valence-electron chi connectivity index (χ4n) is 3.22. The second-order valence-electron chi connectivity index (χ2n) is 7.64. The first-order valence-corrected chi connectivity index (χ1v) is 11.1. The number of morpholine rings is 1. The molecule has 0 spiro atoms. The first-order chi connectivity index (χ1) is 14.7. The largest absolute Gasteiger partial charge is 0.492 e. The molecule has 0 atom stereocenters. The van der Waals surface area contributed by atoms with Crippen LogP contribution in [0.2, 0.25) is 0 Å². The number of ether oxygens (including phenoxy) is 2. The molecule has 3 rings (SSSR count). The van der Waals surface area contributed by atoms with Crippen LogP contribution in [0, 0.1) is 5.92 Å². The SMILES string of the molecule is CCNC(=NCc1cccc(OCCN2CCOCC2)c1)NCCNC(=O)C1CC1.I. The number of guanidine groups is 1. The molecule has 1 saturated heterocycles. The zero-order chi connectivity index (χ0) is 21.0. The molecule has 0 unspecified atom stereocenters. The molecular weight excluding hydrogens is 509 g/mol. The standard InChI is InChI=1S/C22H35N5O3.HI/c1-2-23-22(25-9-8-24-21(28)19-6-7-19)26-17-18-4-3-5-20(16-18)30-15-12-27-10-13-29-14-11-27;/h3-5,16,19H,2,6-15,17H2,1H3,(H,24,28)(H2,23,25,26);1H. The summed E-state index contributed by atoms with van der Waals surface area (Å²) in [6.45, 7) is 9.78. The Labute approximate surface area is 202 Å². The summed E-state index contributed by atoms with van der Waals surface area (Å²) < 4.78 is 11.3. The maximum atomic E-state index is 11.7. The fraction of sp³-hybridized carbons (Fsp3) is 0.636. The molecule has 1 aromatic carbocycles. The van der Waals surface area contributed by atoms with E-state index in [1.807, 2.05) is 25.1 Å². The lowest BCUT2D eigenvalue weighted by molar-refractivity contribution is -0.122. The van der Waals surface area contributed by atoms with Crippen molar-refractivity contribution in [3.63, 3.8) is 0 Å². The van der Waals surface area contributed by atoms with Gasteiger partial charge in [-0.05, 0) is 37.5 Å². The van der Waals surface area contributed by atoms with Crippen LogP contribution in [-0.4, -0.2) is 75.9 Å². The van der Waals surface area contributed by atoms with Gasteiger partial charge in [0.1, 0.15) is 12.4 Å². The van der Waals surface area contributed by atoms with Crippen LogP contribution >= 0.6 is 24.0 Å². The van der Waals surface area contributed by atoms with Gasteiger partial charge in [-0.3, -0.25) is 9.69 Å². The quantitative estimate of drug-likeness (QED) is 0.170. The Hall–Kier alpha value is -1.59. The summed E-state index contributed by atoms with van der Waals surface area (Å²) in [5, 5.41) is 9.46. The summed E-state index contributed by atoms with van der Waals surface area (Å²) in [6.07, 6.45) is 2.05. The van der Waals surface area contributed by atoms with E-state index in [4.69, 9.17) is 9.47 Å². The van der Waals surface area contributed by atoms with Crippen molar-refractivity contribution in [2.24, 2.45) is 10.9 Å². The monoisotopic (exact) mass is 545 g/mol. The number of aliphatic imine (C=N–C) groups is 1. The second-order valence-corrected chi connectivity index (χ2v) is 7.64. The van der Waals surface area contributed by atoms with Gasteiger partial charge in [0.05, 0.1) is 19.8 Å². The molecule has 0 bridgehead atoms. The Morgan fingerprint density at radius 3 is 2.71 bits per heavy atom. The molecule has 174 valence electrons. The molecule has 8 nitrogen and oxygen atoms in total. The van der Waals surface area contributed by atoms with E-state index in [1.165, 1.54) is 0 Å². The van der Waals surface area contributed by atoms with Crippen molar-refractivity contribution in [2.75, 3.05) is 59.1 Å². The second kappa shape index (κ2) is 14.5. The van der Waals surface area contributed by atoms with E-state index >= 15 is 0 Å². The number of hydrogen-bond acceptors (Lipinski definition) is 5. The molecule has 3 N–H and O–H groups in total.